The number of carbonyl (C=O) groups excluding carboxylic acids is 3. The SMILES string of the molecule is C.C[C@H]1/C=C/C=C/C=C/C=C/C=C/C=C/C=C/[C@H](O[C@@H]2O[C@H](C)[C@@H](O)[C@H](N)[C@@H]2O)C[C@@H]2OC(C[C@@H](O)C[C@@H](O)C[C@@H](O)CC(=O)CCCC(O)CC(=O)O[C@@H]1[C@@H](C)C[C@H](C)[C@@H](O)CC(=O)c1ccc(N)cc1)C[C@H](O)[C@H]2C(=O)O. The zero-order valence-corrected chi connectivity index (χ0v) is 45.3. The Hall–Kier alpha value is -5.00. The van der Waals surface area contributed by atoms with Gasteiger partial charge in [0.2, 0.25) is 0 Å². The zero-order valence-electron chi connectivity index (χ0n) is 45.3. The highest BCUT2D eigenvalue weighted by atomic mass is 16.7. The van der Waals surface area contributed by atoms with E-state index in [9.17, 15) is 65.1 Å². The van der Waals surface area contributed by atoms with Crippen molar-refractivity contribution < 1.29 is 84.1 Å². The van der Waals surface area contributed by atoms with Crippen molar-refractivity contribution in [2.45, 2.75) is 204 Å². The highest BCUT2D eigenvalue weighted by molar-refractivity contribution is 5.96. The minimum atomic E-state index is -1.45. The van der Waals surface area contributed by atoms with E-state index in [-0.39, 0.29) is 107 Å². The lowest BCUT2D eigenvalue weighted by atomic mass is 9.83. The Morgan fingerprint density at radius 2 is 1.29 bits per heavy atom. The molecule has 79 heavy (non-hydrogen) atoms. The zero-order chi connectivity index (χ0) is 57.5. The number of aliphatic carboxylic acids is 1. The molecule has 1 aromatic carbocycles. The van der Waals surface area contributed by atoms with Gasteiger partial charge >= 0.3 is 11.9 Å². The van der Waals surface area contributed by atoms with Gasteiger partial charge in [0.15, 0.2) is 12.1 Å². The van der Waals surface area contributed by atoms with Crippen molar-refractivity contribution in [3.05, 3.63) is 115 Å². The van der Waals surface area contributed by atoms with Crippen molar-refractivity contribution in [1.82, 2.24) is 0 Å². The van der Waals surface area contributed by atoms with Crippen LogP contribution in [0.25, 0.3) is 0 Å². The summed E-state index contributed by atoms with van der Waals surface area (Å²) in [4.78, 5) is 51.7. The Kier molecular flexibility index (Phi) is 30.2. The van der Waals surface area contributed by atoms with Gasteiger partial charge in [-0.05, 0) is 81.5 Å². The van der Waals surface area contributed by atoms with Crippen LogP contribution in [-0.4, -0.2) is 161 Å². The van der Waals surface area contributed by atoms with E-state index < -0.39 is 110 Å². The number of fused-ring (bicyclic) bond motifs is 2. The molecule has 13 N–H and O–H groups in total. The minimum absolute atomic E-state index is 0. The van der Waals surface area contributed by atoms with Gasteiger partial charge in [-0.15, -0.1) is 0 Å². The number of carboxylic acids is 1. The molecule has 2 fully saturated rings. The highest BCUT2D eigenvalue weighted by Gasteiger charge is 2.46. The lowest BCUT2D eigenvalue weighted by molar-refractivity contribution is -0.279. The van der Waals surface area contributed by atoms with Crippen molar-refractivity contribution in [3.8, 4) is 0 Å². The maximum absolute atomic E-state index is 13.4. The van der Waals surface area contributed by atoms with Gasteiger partial charge < -0.3 is 76.4 Å². The first kappa shape index (κ1) is 68.3. The second kappa shape index (κ2) is 35.0. The molecule has 19 atom stereocenters. The van der Waals surface area contributed by atoms with E-state index in [1.807, 2.05) is 63.3 Å². The number of hydrogen-bond donors (Lipinski definition) is 11. The molecular weight excluding hydrogens is 1020 g/mol. The number of anilines is 1. The number of hydrogen-bond acceptors (Lipinski definition) is 18. The lowest BCUT2D eigenvalue weighted by Crippen LogP contribution is -2.61. The van der Waals surface area contributed by atoms with Crippen molar-refractivity contribution in [3.63, 3.8) is 0 Å². The highest BCUT2D eigenvalue weighted by Crippen LogP contribution is 2.34. The van der Waals surface area contributed by atoms with Crippen LogP contribution >= 0.6 is 0 Å². The van der Waals surface area contributed by atoms with Gasteiger partial charge in [0.1, 0.15) is 23.9 Å². The molecule has 0 saturated carbocycles. The number of benzene rings is 1. The molecule has 3 aliphatic heterocycles. The first-order valence-corrected chi connectivity index (χ1v) is 27.2. The van der Waals surface area contributed by atoms with E-state index >= 15 is 0 Å². The van der Waals surface area contributed by atoms with Gasteiger partial charge in [-0.25, -0.2) is 0 Å². The standard InChI is InChI=1S/C59H86N2O17.CH4/c1-35-18-15-13-11-9-7-5-6-8-10-12-14-16-21-46(77-59-56(72)54(61)55(71)38(4)75-59)33-51-53(58(73)74)50(69)32-47(76-51)30-45(66)29-44(65)28-43(64)27-41(62)19-17-20-42(63)31-52(70)78-57(35)37(3)26-36(2)48(67)34-49(68)39-22-24-40(60)25-23-39;/h5-16,18,21-25,35-38,42-48,50-51,53-57,59,63-67,69,71-72H,17,19-20,26-34,60-61H2,1-4H3,(H,73,74);1H4/b6-5+,9-7+,10-8+,13-11+,14-12+,18-15+,21-16+;/t35-,36-,37-,38+,42?,43-,44-,45-,46-,47?,48-,50-,51-,53+,54-,55+,56-,57-,59-;/m0./s1. The second-order valence-corrected chi connectivity index (χ2v) is 21.3. The first-order chi connectivity index (χ1) is 37.0. The number of esters is 1. The van der Waals surface area contributed by atoms with Crippen molar-refractivity contribution in [2.75, 3.05) is 5.73 Å². The molecule has 0 amide bonds. The molecule has 0 radical (unpaired) electrons. The molecule has 3 heterocycles. The average molecular weight is 1110 g/mol. The first-order valence-electron chi connectivity index (χ1n) is 27.2. The van der Waals surface area contributed by atoms with Crippen molar-refractivity contribution in [2.24, 2.45) is 29.4 Å². The number of ketones is 2. The van der Waals surface area contributed by atoms with Crippen LogP contribution in [0.15, 0.2) is 109 Å². The fraction of sp³-hybridized carbons (Fsp3) is 0.600. The van der Waals surface area contributed by atoms with Crippen LogP contribution in [0.2, 0.25) is 0 Å². The molecule has 2 bridgehead atoms. The van der Waals surface area contributed by atoms with Gasteiger partial charge in [0.25, 0.3) is 0 Å². The van der Waals surface area contributed by atoms with E-state index in [1.54, 1.807) is 73.7 Å². The molecule has 1 aromatic rings. The third-order valence-corrected chi connectivity index (χ3v) is 14.5. The Bertz CT molecular complexity index is 2230. The molecule has 3 aliphatic rings. The van der Waals surface area contributed by atoms with Gasteiger partial charge in [0, 0.05) is 49.3 Å². The van der Waals surface area contributed by atoms with Crippen molar-refractivity contribution >= 4 is 29.2 Å². The summed E-state index contributed by atoms with van der Waals surface area (Å²) >= 11 is 0. The number of nitrogen functional groups attached to an aromatic ring is 1. The summed E-state index contributed by atoms with van der Waals surface area (Å²) in [7, 11) is 0. The second-order valence-electron chi connectivity index (χ2n) is 21.3. The summed E-state index contributed by atoms with van der Waals surface area (Å²) in [6.45, 7) is 7.19. The van der Waals surface area contributed by atoms with E-state index in [4.69, 9.17) is 30.4 Å². The molecular formula is C60H90N2O17. The molecule has 4 rings (SSSR count). The lowest BCUT2D eigenvalue weighted by Gasteiger charge is -2.42. The minimum Gasteiger partial charge on any atom is -0.481 e. The number of aliphatic hydroxyl groups excluding tert-OH is 8. The van der Waals surface area contributed by atoms with Crippen LogP contribution in [-0.2, 0) is 33.3 Å². The normalized spacial score (nSPS) is 36.8. The Balaban J connectivity index is 0.0000164. The molecule has 0 aromatic heterocycles. The maximum Gasteiger partial charge on any atom is 0.311 e. The third kappa shape index (κ3) is 23.9. The summed E-state index contributed by atoms with van der Waals surface area (Å²) in [6.07, 6.45) is 8.03. The number of cyclic esters (lactones) is 1. The number of rotatable bonds is 10. The van der Waals surface area contributed by atoms with E-state index in [2.05, 4.69) is 0 Å². The van der Waals surface area contributed by atoms with Crippen LogP contribution in [0, 0.1) is 23.7 Å². The Labute approximate surface area is 465 Å². The molecule has 2 unspecified atom stereocenters. The Morgan fingerprint density at radius 1 is 0.722 bits per heavy atom. The van der Waals surface area contributed by atoms with E-state index in [0.29, 0.717) is 17.7 Å². The summed E-state index contributed by atoms with van der Waals surface area (Å²) in [5.74, 6) is -4.91. The van der Waals surface area contributed by atoms with Gasteiger partial charge in [0.05, 0.1) is 79.6 Å². The number of nitrogens with two attached hydrogens (primary N) is 2. The molecule has 19 heteroatoms. The third-order valence-electron chi connectivity index (χ3n) is 14.5. The molecule has 0 aliphatic carbocycles. The number of Topliss-reactive ketones (excluding diaryl/α,β-unsaturated/α-hetero) is 2. The predicted molar refractivity (Wildman–Crippen MR) is 299 cm³/mol. The van der Waals surface area contributed by atoms with Crippen LogP contribution in [0.1, 0.15) is 123 Å². The van der Waals surface area contributed by atoms with Crippen LogP contribution < -0.4 is 11.5 Å². The smallest absolute Gasteiger partial charge is 0.311 e. The molecule has 0 spiro atoms. The monoisotopic (exact) mass is 1110 g/mol. The maximum atomic E-state index is 13.4. The summed E-state index contributed by atoms with van der Waals surface area (Å²) < 4.78 is 24.1. The van der Waals surface area contributed by atoms with E-state index in [0.717, 1.165) is 0 Å². The number of aliphatic hydroxyl groups is 8. The largest absolute Gasteiger partial charge is 0.481 e. The molecule has 19 nitrogen and oxygen atoms in total. The Morgan fingerprint density at radius 3 is 1.90 bits per heavy atom. The van der Waals surface area contributed by atoms with Crippen LogP contribution in [0.3, 0.4) is 0 Å². The number of carbonyl (C=O) groups is 4. The summed E-state index contributed by atoms with van der Waals surface area (Å²) in [6, 6.07) is 5.37. The van der Waals surface area contributed by atoms with Gasteiger partial charge in [-0.1, -0.05) is 113 Å². The number of carboxylic acid groups (broad SMARTS) is 1. The van der Waals surface area contributed by atoms with Crippen LogP contribution in [0.4, 0.5) is 5.69 Å². The fourth-order valence-electron chi connectivity index (χ4n) is 10.1. The van der Waals surface area contributed by atoms with Gasteiger partial charge in [-0.3, -0.25) is 19.2 Å². The van der Waals surface area contributed by atoms with Crippen LogP contribution in [0.5, 0.6) is 0 Å². The topological polar surface area (TPSA) is 339 Å². The average Bonchev–Trinajstić information content (AvgIpc) is 3.37. The number of allylic oxidation sites excluding steroid dienone is 12. The van der Waals surface area contributed by atoms with E-state index in [1.165, 1.54) is 0 Å². The van der Waals surface area contributed by atoms with Gasteiger partial charge in [-0.2, -0.15) is 0 Å². The fourth-order valence-corrected chi connectivity index (χ4v) is 10.1. The summed E-state index contributed by atoms with van der Waals surface area (Å²) in [5, 5.41) is 97.0. The molecule has 442 valence electrons. The molecule has 2 saturated heterocycles. The predicted octanol–water partition coefficient (Wildman–Crippen LogP) is 4.88. The van der Waals surface area contributed by atoms with Crippen molar-refractivity contribution in [1.29, 1.82) is 0 Å². The quantitative estimate of drug-likeness (QED) is 0.0845. The number of ether oxygens (including phenoxy) is 4. The summed E-state index contributed by atoms with van der Waals surface area (Å²) in [5.41, 5.74) is 12.8.